The van der Waals surface area contributed by atoms with Gasteiger partial charge < -0.3 is 10.0 Å². The van der Waals surface area contributed by atoms with Gasteiger partial charge in [0.2, 0.25) is 5.13 Å². The number of rotatable bonds is 4. The Labute approximate surface area is 98.3 Å². The maximum atomic E-state index is 10.6. The molecule has 1 N–H and O–H groups in total. The van der Waals surface area contributed by atoms with E-state index < -0.39 is 5.97 Å². The Morgan fingerprint density at radius 2 is 2.31 bits per heavy atom. The first-order valence-corrected chi connectivity index (χ1v) is 6.14. The number of carbonyl (C=O) groups is 1. The lowest BCUT2D eigenvalue weighted by atomic mass is 10.0. The molecule has 1 aromatic rings. The minimum atomic E-state index is -0.719. The van der Waals surface area contributed by atoms with Gasteiger partial charge in [-0.25, -0.2) is 4.98 Å². The molecule has 0 bridgehead atoms. The number of hydrogen-bond donors (Lipinski definition) is 1. The van der Waals surface area contributed by atoms with Crippen LogP contribution in [-0.4, -0.2) is 33.5 Å². The van der Waals surface area contributed by atoms with Crippen molar-refractivity contribution in [2.45, 2.75) is 20.3 Å². The van der Waals surface area contributed by atoms with Crippen molar-refractivity contribution in [1.82, 2.24) is 9.36 Å². The predicted octanol–water partition coefficient (Wildman–Crippen LogP) is 1.26. The number of anilines is 1. The Morgan fingerprint density at radius 1 is 1.62 bits per heavy atom. The van der Waals surface area contributed by atoms with E-state index in [0.717, 1.165) is 17.4 Å². The van der Waals surface area contributed by atoms with Gasteiger partial charge in [-0.1, -0.05) is 13.8 Å². The van der Waals surface area contributed by atoms with Gasteiger partial charge in [-0.15, -0.1) is 0 Å². The second kappa shape index (κ2) is 4.37. The molecule has 0 aliphatic carbocycles. The van der Waals surface area contributed by atoms with E-state index in [-0.39, 0.29) is 5.92 Å². The molecule has 0 aromatic carbocycles. The molecule has 0 unspecified atom stereocenters. The molecule has 1 aliphatic heterocycles. The predicted molar refractivity (Wildman–Crippen MR) is 61.8 cm³/mol. The van der Waals surface area contributed by atoms with Gasteiger partial charge in [-0.3, -0.25) is 4.79 Å². The van der Waals surface area contributed by atoms with Crippen molar-refractivity contribution in [1.29, 1.82) is 0 Å². The molecule has 2 rings (SSSR count). The van der Waals surface area contributed by atoms with Crippen molar-refractivity contribution in [3.8, 4) is 0 Å². The largest absolute Gasteiger partial charge is 0.481 e. The summed E-state index contributed by atoms with van der Waals surface area (Å²) in [6.45, 7) is 5.38. The van der Waals surface area contributed by atoms with E-state index >= 15 is 0 Å². The minimum absolute atomic E-state index is 0.238. The summed E-state index contributed by atoms with van der Waals surface area (Å²) in [5.74, 6) is 0.458. The van der Waals surface area contributed by atoms with Crippen LogP contribution in [0.25, 0.3) is 0 Å². The van der Waals surface area contributed by atoms with E-state index in [1.807, 2.05) is 4.90 Å². The van der Waals surface area contributed by atoms with Crippen LogP contribution in [0, 0.1) is 11.8 Å². The highest BCUT2D eigenvalue weighted by molar-refractivity contribution is 7.09. The van der Waals surface area contributed by atoms with E-state index in [0.29, 0.717) is 19.0 Å². The van der Waals surface area contributed by atoms with Crippen LogP contribution in [0.15, 0.2) is 0 Å². The Kier molecular flexibility index (Phi) is 3.09. The third kappa shape index (κ3) is 2.32. The van der Waals surface area contributed by atoms with Crippen LogP contribution in [-0.2, 0) is 11.2 Å². The van der Waals surface area contributed by atoms with E-state index in [9.17, 15) is 4.79 Å². The smallest absolute Gasteiger partial charge is 0.310 e. The summed E-state index contributed by atoms with van der Waals surface area (Å²) in [6.07, 6.45) is 0.882. The molecule has 16 heavy (non-hydrogen) atoms. The van der Waals surface area contributed by atoms with Crippen molar-refractivity contribution in [2.24, 2.45) is 11.8 Å². The Bertz CT molecular complexity index is 385. The second-order valence-electron chi connectivity index (χ2n) is 4.53. The molecule has 0 atom stereocenters. The van der Waals surface area contributed by atoms with Crippen LogP contribution in [0.5, 0.6) is 0 Å². The van der Waals surface area contributed by atoms with Crippen molar-refractivity contribution >= 4 is 22.6 Å². The molecule has 1 fully saturated rings. The molecule has 0 amide bonds. The fourth-order valence-corrected chi connectivity index (χ4v) is 2.33. The summed E-state index contributed by atoms with van der Waals surface area (Å²) in [5.41, 5.74) is 0. The Morgan fingerprint density at radius 3 is 2.88 bits per heavy atom. The summed E-state index contributed by atoms with van der Waals surface area (Å²) < 4.78 is 4.27. The summed E-state index contributed by atoms with van der Waals surface area (Å²) in [6, 6.07) is 0. The highest BCUT2D eigenvalue weighted by Gasteiger charge is 2.34. The molecule has 0 saturated carbocycles. The first kappa shape index (κ1) is 11.3. The fourth-order valence-electron chi connectivity index (χ4n) is 1.61. The topological polar surface area (TPSA) is 66.3 Å². The van der Waals surface area contributed by atoms with Gasteiger partial charge in [-0.05, 0) is 5.92 Å². The monoisotopic (exact) mass is 241 g/mol. The number of aromatic nitrogens is 2. The zero-order valence-corrected chi connectivity index (χ0v) is 10.2. The van der Waals surface area contributed by atoms with Crippen LogP contribution in [0.1, 0.15) is 19.7 Å². The van der Waals surface area contributed by atoms with Gasteiger partial charge in [0.05, 0.1) is 5.92 Å². The molecule has 5 nitrogen and oxygen atoms in total. The van der Waals surface area contributed by atoms with Gasteiger partial charge in [-0.2, -0.15) is 4.37 Å². The summed E-state index contributed by atoms with van der Waals surface area (Å²) in [5, 5.41) is 9.62. The van der Waals surface area contributed by atoms with Crippen LogP contribution in [0.2, 0.25) is 0 Å². The van der Waals surface area contributed by atoms with Crippen molar-refractivity contribution in [3.63, 3.8) is 0 Å². The SMILES string of the molecule is CC(C)Cc1nsc(N2CC(C(=O)O)C2)n1. The molecule has 0 spiro atoms. The molecular weight excluding hydrogens is 226 g/mol. The van der Waals surface area contributed by atoms with E-state index in [1.54, 1.807) is 0 Å². The van der Waals surface area contributed by atoms with Crippen LogP contribution in [0.4, 0.5) is 5.13 Å². The van der Waals surface area contributed by atoms with Crippen molar-refractivity contribution < 1.29 is 9.90 Å². The Hall–Kier alpha value is -1.17. The normalized spacial score (nSPS) is 16.6. The highest BCUT2D eigenvalue weighted by Crippen LogP contribution is 2.26. The molecule has 88 valence electrons. The molecule has 6 heteroatoms. The third-order valence-electron chi connectivity index (χ3n) is 2.55. The first-order chi connectivity index (χ1) is 7.56. The van der Waals surface area contributed by atoms with Gasteiger partial charge >= 0.3 is 5.97 Å². The molecule has 0 radical (unpaired) electrons. The standard InChI is InChI=1S/C10H15N3O2S/c1-6(2)3-8-11-10(16-12-8)13-4-7(5-13)9(14)15/h6-7H,3-5H2,1-2H3,(H,14,15). The van der Waals surface area contributed by atoms with Crippen molar-refractivity contribution in [2.75, 3.05) is 18.0 Å². The van der Waals surface area contributed by atoms with E-state index in [4.69, 9.17) is 5.11 Å². The second-order valence-corrected chi connectivity index (χ2v) is 5.26. The fraction of sp³-hybridized carbons (Fsp3) is 0.700. The lowest BCUT2D eigenvalue weighted by molar-refractivity contribution is -0.142. The molecule has 1 aromatic heterocycles. The van der Waals surface area contributed by atoms with Gasteiger partial charge in [0.1, 0.15) is 5.82 Å². The molecular formula is C10H15N3O2S. The van der Waals surface area contributed by atoms with Crippen molar-refractivity contribution in [3.05, 3.63) is 5.82 Å². The molecule has 1 aliphatic rings. The maximum Gasteiger partial charge on any atom is 0.310 e. The molecule has 1 saturated heterocycles. The average Bonchev–Trinajstić information content (AvgIpc) is 2.48. The van der Waals surface area contributed by atoms with Crippen LogP contribution < -0.4 is 4.90 Å². The zero-order valence-electron chi connectivity index (χ0n) is 9.38. The summed E-state index contributed by atoms with van der Waals surface area (Å²) >= 11 is 1.36. The number of carboxylic acids is 1. The zero-order chi connectivity index (χ0) is 11.7. The number of nitrogens with zero attached hydrogens (tertiary/aromatic N) is 3. The van der Waals surface area contributed by atoms with E-state index in [1.165, 1.54) is 11.5 Å². The maximum absolute atomic E-state index is 10.6. The lowest BCUT2D eigenvalue weighted by Crippen LogP contribution is -2.50. The average molecular weight is 241 g/mol. The lowest BCUT2D eigenvalue weighted by Gasteiger charge is -2.35. The minimum Gasteiger partial charge on any atom is -0.481 e. The summed E-state index contributed by atoms with van der Waals surface area (Å²) in [7, 11) is 0. The third-order valence-corrected chi connectivity index (χ3v) is 3.36. The van der Waals surface area contributed by atoms with Gasteiger partial charge in [0.15, 0.2) is 0 Å². The summed E-state index contributed by atoms with van der Waals surface area (Å²) in [4.78, 5) is 17.0. The quantitative estimate of drug-likeness (QED) is 0.859. The van der Waals surface area contributed by atoms with Gasteiger partial charge in [0.25, 0.3) is 0 Å². The Balaban J connectivity index is 1.92. The van der Waals surface area contributed by atoms with Crippen LogP contribution in [0.3, 0.4) is 0 Å². The van der Waals surface area contributed by atoms with E-state index in [2.05, 4.69) is 23.2 Å². The number of carboxylic acid groups (broad SMARTS) is 1. The number of hydrogen-bond acceptors (Lipinski definition) is 5. The highest BCUT2D eigenvalue weighted by atomic mass is 32.1. The van der Waals surface area contributed by atoms with Crippen LogP contribution >= 0.6 is 11.5 Å². The first-order valence-electron chi connectivity index (χ1n) is 5.36. The molecule has 2 heterocycles. The number of aliphatic carboxylic acids is 1. The van der Waals surface area contributed by atoms with Gasteiger partial charge in [0, 0.05) is 31.0 Å².